The minimum atomic E-state index is 0.337. The Kier molecular flexibility index (Phi) is 11.2. The molecule has 0 radical (unpaired) electrons. The van der Waals surface area contributed by atoms with Crippen LogP contribution in [0.2, 0.25) is 5.02 Å². The standard InChI is InChI=1S/C38H48ClN3/c1-7-10-29(8-2)23-30(27-40-6)24-34-25-36(16-13-31(34)9-3)42-21-19-41(20-22-42)28-33-17-18-38(4,5)26-37(33)32-11-14-35(39)15-12-32/h7,9-16,23,25,27H,3,6,8,17-22,24,26,28H2,1-2,4-5H3/b10-7-,29-23+,30-27+. The molecule has 1 aliphatic heterocycles. The monoisotopic (exact) mass is 581 g/mol. The zero-order chi connectivity index (χ0) is 30.1. The van der Waals surface area contributed by atoms with Crippen LogP contribution in [0.15, 0.2) is 95.2 Å². The van der Waals surface area contributed by atoms with Crippen molar-refractivity contribution >= 4 is 35.7 Å². The van der Waals surface area contributed by atoms with Crippen LogP contribution >= 0.6 is 11.6 Å². The van der Waals surface area contributed by atoms with Crippen LogP contribution in [0.5, 0.6) is 0 Å². The van der Waals surface area contributed by atoms with Gasteiger partial charge in [-0.15, -0.1) is 0 Å². The Hall–Kier alpha value is -3.14. The van der Waals surface area contributed by atoms with E-state index in [0.29, 0.717) is 5.41 Å². The smallest absolute Gasteiger partial charge is 0.0406 e. The molecule has 1 heterocycles. The van der Waals surface area contributed by atoms with Crippen molar-refractivity contribution in [2.24, 2.45) is 10.4 Å². The summed E-state index contributed by atoms with van der Waals surface area (Å²) in [6.07, 6.45) is 15.7. The summed E-state index contributed by atoms with van der Waals surface area (Å²) in [5.41, 5.74) is 11.0. The van der Waals surface area contributed by atoms with Crippen molar-refractivity contribution in [3.8, 4) is 0 Å². The molecule has 2 aromatic rings. The summed E-state index contributed by atoms with van der Waals surface area (Å²) in [7, 11) is 0. The number of piperazine rings is 1. The second-order valence-electron chi connectivity index (χ2n) is 12.4. The fourth-order valence-corrected chi connectivity index (χ4v) is 6.36. The first kappa shape index (κ1) is 31.8. The molecule has 4 rings (SSSR count). The highest BCUT2D eigenvalue weighted by Crippen LogP contribution is 2.43. The van der Waals surface area contributed by atoms with Crippen LogP contribution < -0.4 is 4.90 Å². The van der Waals surface area contributed by atoms with Gasteiger partial charge in [-0.3, -0.25) is 9.89 Å². The molecule has 42 heavy (non-hydrogen) atoms. The summed E-state index contributed by atoms with van der Waals surface area (Å²) in [4.78, 5) is 9.29. The molecule has 0 saturated carbocycles. The number of halogens is 1. The number of benzene rings is 2. The maximum atomic E-state index is 6.22. The second kappa shape index (κ2) is 14.8. The lowest BCUT2D eigenvalue weighted by atomic mass is 9.72. The molecule has 0 unspecified atom stereocenters. The number of anilines is 1. The molecule has 3 nitrogen and oxygen atoms in total. The van der Waals surface area contributed by atoms with Crippen molar-refractivity contribution in [2.45, 2.75) is 59.8 Å². The Morgan fingerprint density at radius 1 is 1.05 bits per heavy atom. The van der Waals surface area contributed by atoms with Gasteiger partial charge in [0, 0.05) is 49.6 Å². The summed E-state index contributed by atoms with van der Waals surface area (Å²) in [5, 5.41) is 0.803. The SMILES string of the molecule is C=Cc1ccc(N2CCN(CC3=C(c4ccc(Cl)cc4)CC(C)(C)CC3)CC2)cc1CC(=C/N=C)/C=C(/C=C\C)CC. The topological polar surface area (TPSA) is 18.8 Å². The van der Waals surface area contributed by atoms with Gasteiger partial charge in [0.2, 0.25) is 0 Å². The van der Waals surface area contributed by atoms with Crippen molar-refractivity contribution in [1.29, 1.82) is 0 Å². The average Bonchev–Trinajstić information content (AvgIpc) is 2.98. The molecule has 0 bridgehead atoms. The van der Waals surface area contributed by atoms with E-state index in [2.05, 4.69) is 104 Å². The Labute approximate surface area is 259 Å². The minimum absolute atomic E-state index is 0.337. The lowest BCUT2D eigenvalue weighted by molar-refractivity contribution is 0.264. The van der Waals surface area contributed by atoms with E-state index in [1.54, 1.807) is 5.57 Å². The average molecular weight is 582 g/mol. The molecular weight excluding hydrogens is 534 g/mol. The van der Waals surface area contributed by atoms with Crippen LogP contribution in [0.3, 0.4) is 0 Å². The van der Waals surface area contributed by atoms with Crippen LogP contribution in [0, 0.1) is 5.41 Å². The van der Waals surface area contributed by atoms with E-state index in [1.165, 1.54) is 46.4 Å². The van der Waals surface area contributed by atoms with Crippen LogP contribution in [0.25, 0.3) is 11.6 Å². The van der Waals surface area contributed by atoms with E-state index < -0.39 is 0 Å². The number of nitrogens with zero attached hydrogens (tertiary/aromatic N) is 3. The van der Waals surface area contributed by atoms with Gasteiger partial charge in [0.25, 0.3) is 0 Å². The van der Waals surface area contributed by atoms with Crippen molar-refractivity contribution in [3.05, 3.63) is 112 Å². The largest absolute Gasteiger partial charge is 0.369 e. The molecule has 2 aromatic carbocycles. The highest BCUT2D eigenvalue weighted by molar-refractivity contribution is 6.30. The third-order valence-corrected chi connectivity index (χ3v) is 8.94. The third kappa shape index (κ3) is 8.46. The Morgan fingerprint density at radius 2 is 1.79 bits per heavy atom. The summed E-state index contributed by atoms with van der Waals surface area (Å²) in [6, 6.07) is 15.3. The van der Waals surface area contributed by atoms with Gasteiger partial charge in [0.15, 0.2) is 0 Å². The molecule has 0 amide bonds. The van der Waals surface area contributed by atoms with Gasteiger partial charge in [-0.1, -0.05) is 87.0 Å². The molecule has 1 aliphatic carbocycles. The summed E-state index contributed by atoms with van der Waals surface area (Å²) < 4.78 is 0. The molecule has 4 heteroatoms. The highest BCUT2D eigenvalue weighted by atomic mass is 35.5. The quantitative estimate of drug-likeness (QED) is 0.194. The van der Waals surface area contributed by atoms with Gasteiger partial charge < -0.3 is 4.90 Å². The molecule has 1 saturated heterocycles. The maximum absolute atomic E-state index is 6.22. The first-order chi connectivity index (χ1) is 20.2. The first-order valence-corrected chi connectivity index (χ1v) is 15.8. The molecule has 0 atom stereocenters. The Bertz CT molecular complexity index is 1370. The van der Waals surface area contributed by atoms with Crippen molar-refractivity contribution in [1.82, 2.24) is 4.90 Å². The van der Waals surface area contributed by atoms with E-state index in [4.69, 9.17) is 11.6 Å². The van der Waals surface area contributed by atoms with Gasteiger partial charge in [0.1, 0.15) is 0 Å². The fourth-order valence-electron chi connectivity index (χ4n) is 6.23. The second-order valence-corrected chi connectivity index (χ2v) is 12.9. The van der Waals surface area contributed by atoms with Gasteiger partial charge >= 0.3 is 0 Å². The minimum Gasteiger partial charge on any atom is -0.369 e. The number of hydrogen-bond acceptors (Lipinski definition) is 3. The molecule has 222 valence electrons. The van der Waals surface area contributed by atoms with Crippen molar-refractivity contribution < 1.29 is 0 Å². The van der Waals surface area contributed by atoms with Crippen LogP contribution in [-0.2, 0) is 6.42 Å². The fraction of sp³-hybridized carbons (Fsp3) is 0.395. The number of aliphatic imine (C=N–C) groups is 1. The van der Waals surface area contributed by atoms with Crippen LogP contribution in [0.4, 0.5) is 5.69 Å². The summed E-state index contributed by atoms with van der Waals surface area (Å²) in [6.45, 7) is 22.1. The van der Waals surface area contributed by atoms with E-state index in [-0.39, 0.29) is 0 Å². The molecule has 2 aliphatic rings. The van der Waals surface area contributed by atoms with E-state index in [1.807, 2.05) is 24.4 Å². The molecule has 0 spiro atoms. The predicted octanol–water partition coefficient (Wildman–Crippen LogP) is 9.81. The Morgan fingerprint density at radius 3 is 2.43 bits per heavy atom. The van der Waals surface area contributed by atoms with Gasteiger partial charge in [-0.05, 0) is 109 Å². The van der Waals surface area contributed by atoms with Crippen molar-refractivity contribution in [3.63, 3.8) is 0 Å². The number of hydrogen-bond donors (Lipinski definition) is 0. The number of rotatable bonds is 11. The molecular formula is C38H48ClN3. The zero-order valence-electron chi connectivity index (χ0n) is 26.1. The van der Waals surface area contributed by atoms with E-state index in [9.17, 15) is 0 Å². The first-order valence-electron chi connectivity index (χ1n) is 15.4. The van der Waals surface area contributed by atoms with Crippen LogP contribution in [-0.4, -0.2) is 44.3 Å². The Balaban J connectivity index is 1.48. The van der Waals surface area contributed by atoms with Gasteiger partial charge in [-0.25, -0.2) is 0 Å². The van der Waals surface area contributed by atoms with Gasteiger partial charge in [-0.2, -0.15) is 0 Å². The normalized spacial score (nSPS) is 18.5. The third-order valence-electron chi connectivity index (χ3n) is 8.69. The molecule has 0 N–H and O–H groups in total. The van der Waals surface area contributed by atoms with E-state index >= 15 is 0 Å². The summed E-state index contributed by atoms with van der Waals surface area (Å²) in [5.74, 6) is 0. The van der Waals surface area contributed by atoms with Crippen LogP contribution in [0.1, 0.15) is 70.1 Å². The lowest BCUT2D eigenvalue weighted by Gasteiger charge is -2.39. The predicted molar refractivity (Wildman–Crippen MR) is 186 cm³/mol. The number of allylic oxidation sites excluding steroid dienone is 6. The maximum Gasteiger partial charge on any atom is 0.0406 e. The van der Waals surface area contributed by atoms with Crippen molar-refractivity contribution in [2.75, 3.05) is 37.6 Å². The molecule has 0 aromatic heterocycles. The van der Waals surface area contributed by atoms with E-state index in [0.717, 1.165) is 62.6 Å². The zero-order valence-corrected chi connectivity index (χ0v) is 26.9. The highest BCUT2D eigenvalue weighted by Gasteiger charge is 2.29. The van der Waals surface area contributed by atoms with Gasteiger partial charge in [0.05, 0.1) is 0 Å². The lowest BCUT2D eigenvalue weighted by Crippen LogP contribution is -2.47. The molecule has 1 fully saturated rings. The summed E-state index contributed by atoms with van der Waals surface area (Å²) >= 11 is 6.22.